The zero-order valence-corrected chi connectivity index (χ0v) is 19.3. The Labute approximate surface area is 207 Å². The van der Waals surface area contributed by atoms with E-state index in [2.05, 4.69) is 15.4 Å². The van der Waals surface area contributed by atoms with Crippen molar-refractivity contribution in [3.8, 4) is 17.0 Å². The molecule has 2 atom stereocenters. The number of nitrogens with zero attached hydrogens (tertiary/aromatic N) is 3. The molecule has 1 amide bonds. The Kier molecular flexibility index (Phi) is 4.94. The molecule has 36 heavy (non-hydrogen) atoms. The zero-order valence-electron chi connectivity index (χ0n) is 18.5. The van der Waals surface area contributed by atoms with Gasteiger partial charge < -0.3 is 15.2 Å². The van der Waals surface area contributed by atoms with Crippen molar-refractivity contribution in [3.63, 3.8) is 0 Å². The van der Waals surface area contributed by atoms with Gasteiger partial charge in [-0.15, -0.1) is 0 Å². The number of benzene rings is 1. The van der Waals surface area contributed by atoms with Crippen molar-refractivity contribution >= 4 is 17.5 Å². The van der Waals surface area contributed by atoms with Crippen molar-refractivity contribution in [2.75, 3.05) is 0 Å². The summed E-state index contributed by atoms with van der Waals surface area (Å²) in [4.78, 5) is 16.8. The van der Waals surface area contributed by atoms with E-state index in [4.69, 9.17) is 16.3 Å². The molecule has 0 spiro atoms. The lowest BCUT2D eigenvalue weighted by molar-refractivity contribution is -0.165. The van der Waals surface area contributed by atoms with Gasteiger partial charge in [0.05, 0.1) is 34.1 Å². The van der Waals surface area contributed by atoms with Crippen molar-refractivity contribution in [1.29, 1.82) is 0 Å². The number of hydrogen-bond donors (Lipinski definition) is 2. The molecule has 188 valence electrons. The third kappa shape index (κ3) is 3.64. The predicted molar refractivity (Wildman–Crippen MR) is 119 cm³/mol. The normalized spacial score (nSPS) is 28.4. The van der Waals surface area contributed by atoms with Crippen LogP contribution in [0, 0.1) is 5.82 Å². The summed E-state index contributed by atoms with van der Waals surface area (Å²) >= 11 is 5.78. The largest absolute Gasteiger partial charge is 0.480 e. The Balaban J connectivity index is 1.09. The average Bonchev–Trinajstić information content (AvgIpc) is 3.26. The van der Waals surface area contributed by atoms with Crippen molar-refractivity contribution < 1.29 is 32.2 Å². The highest BCUT2D eigenvalue weighted by atomic mass is 35.5. The Bertz CT molecular complexity index is 1350. The summed E-state index contributed by atoms with van der Waals surface area (Å²) in [6.45, 7) is 0. The Morgan fingerprint density at radius 1 is 1.22 bits per heavy atom. The summed E-state index contributed by atoms with van der Waals surface area (Å²) in [6, 6.07) is 4.66. The number of hydrogen-bond acceptors (Lipinski definition) is 5. The van der Waals surface area contributed by atoms with Gasteiger partial charge in [0.2, 0.25) is 0 Å². The summed E-state index contributed by atoms with van der Waals surface area (Å²) in [7, 11) is 0. The molecular formula is C24H19ClF4N4O3. The molecule has 0 radical (unpaired) electrons. The molecule has 0 unspecified atom stereocenters. The van der Waals surface area contributed by atoms with E-state index in [1.54, 1.807) is 17.1 Å². The lowest BCUT2D eigenvalue weighted by atomic mass is 9.44. The van der Waals surface area contributed by atoms with Crippen LogP contribution in [0.25, 0.3) is 11.3 Å². The number of halogens is 5. The Morgan fingerprint density at radius 2 is 1.97 bits per heavy atom. The molecule has 2 aromatic heterocycles. The molecule has 3 aromatic rings. The van der Waals surface area contributed by atoms with E-state index in [1.807, 2.05) is 0 Å². The van der Waals surface area contributed by atoms with Gasteiger partial charge in [-0.25, -0.2) is 4.39 Å². The molecule has 1 aromatic carbocycles. The molecule has 3 fully saturated rings. The van der Waals surface area contributed by atoms with E-state index in [-0.39, 0.29) is 22.7 Å². The fraction of sp³-hybridized carbons (Fsp3) is 0.375. The minimum Gasteiger partial charge on any atom is -0.480 e. The number of fused-ring (bicyclic) bond motifs is 1. The van der Waals surface area contributed by atoms with E-state index in [0.29, 0.717) is 36.1 Å². The van der Waals surface area contributed by atoms with Gasteiger partial charge in [0.25, 0.3) is 5.91 Å². The van der Waals surface area contributed by atoms with E-state index in [0.717, 1.165) is 18.3 Å². The van der Waals surface area contributed by atoms with Gasteiger partial charge in [0, 0.05) is 41.5 Å². The number of nitrogens with one attached hydrogen (secondary N) is 1. The second-order valence-corrected chi connectivity index (χ2v) is 10.2. The molecule has 7 rings (SSSR count). The van der Waals surface area contributed by atoms with Crippen LogP contribution in [0.15, 0.2) is 42.9 Å². The maximum atomic E-state index is 13.8. The van der Waals surface area contributed by atoms with Crippen LogP contribution in [0.4, 0.5) is 17.6 Å². The highest BCUT2D eigenvalue weighted by Gasteiger charge is 2.70. The third-order valence-corrected chi connectivity index (χ3v) is 7.55. The van der Waals surface area contributed by atoms with Crippen LogP contribution >= 0.6 is 11.6 Å². The first kappa shape index (κ1) is 23.2. The van der Waals surface area contributed by atoms with Crippen molar-refractivity contribution in [2.24, 2.45) is 0 Å². The van der Waals surface area contributed by atoms with Crippen LogP contribution in [-0.2, 0) is 16.5 Å². The predicted octanol–water partition coefficient (Wildman–Crippen LogP) is 4.39. The molecule has 3 aliphatic carbocycles. The zero-order chi connectivity index (χ0) is 25.5. The lowest BCUT2D eigenvalue weighted by Crippen LogP contribution is -2.79. The minimum absolute atomic E-state index is 0.0185. The van der Waals surface area contributed by atoms with Gasteiger partial charge in [0.1, 0.15) is 11.6 Å². The number of carbonyl (C=O) groups excluding carboxylic acids is 1. The lowest BCUT2D eigenvalue weighted by Gasteiger charge is -2.70. The molecular weight excluding hydrogens is 504 g/mol. The van der Waals surface area contributed by atoms with Gasteiger partial charge in [0.15, 0.2) is 6.10 Å². The number of alkyl halides is 3. The number of carbonyl (C=O) groups is 1. The number of aliphatic hydroxyl groups is 1. The van der Waals surface area contributed by atoms with Crippen LogP contribution in [0.5, 0.6) is 5.75 Å². The second-order valence-electron chi connectivity index (χ2n) is 9.79. The van der Waals surface area contributed by atoms with E-state index in [9.17, 15) is 27.5 Å². The Hall–Kier alpha value is -3.18. The van der Waals surface area contributed by atoms with Gasteiger partial charge in [-0.05, 0) is 37.5 Å². The standard InChI is InChI=1S/C24H19ClF4N4O3/c25-15-3-14-18(34)5-20(36-19(14)4-16(15)26)21(35)32-22-9-23(10-22,11-22)33-8-12(6-31-33)17-2-1-13(7-30-17)24(27,28)29/h1-4,6-8,18,20,34H,5,9-11H2,(H,32,35)/t18-,20+,22?,23?/m0/s1. The van der Waals surface area contributed by atoms with Gasteiger partial charge in [-0.2, -0.15) is 18.3 Å². The summed E-state index contributed by atoms with van der Waals surface area (Å²) < 4.78 is 59.6. The first-order valence-electron chi connectivity index (χ1n) is 11.2. The maximum Gasteiger partial charge on any atom is 0.417 e. The number of aromatic nitrogens is 3. The molecule has 12 heteroatoms. The van der Waals surface area contributed by atoms with Gasteiger partial charge in [-0.3, -0.25) is 14.5 Å². The van der Waals surface area contributed by atoms with Crippen molar-refractivity contribution in [2.45, 2.75) is 55.1 Å². The maximum absolute atomic E-state index is 13.8. The van der Waals surface area contributed by atoms with E-state index < -0.39 is 41.2 Å². The molecule has 1 aliphatic heterocycles. The van der Waals surface area contributed by atoms with Crippen molar-refractivity contribution in [1.82, 2.24) is 20.1 Å². The first-order valence-corrected chi connectivity index (χ1v) is 11.6. The summed E-state index contributed by atoms with van der Waals surface area (Å²) in [6.07, 6.45) is -0.429. The molecule has 2 bridgehead atoms. The highest BCUT2D eigenvalue weighted by Crippen LogP contribution is 2.65. The second kappa shape index (κ2) is 7.66. The Morgan fingerprint density at radius 3 is 2.64 bits per heavy atom. The smallest absolute Gasteiger partial charge is 0.417 e. The van der Waals surface area contributed by atoms with Crippen LogP contribution in [0.2, 0.25) is 5.02 Å². The van der Waals surface area contributed by atoms with Gasteiger partial charge in [-0.1, -0.05) is 11.6 Å². The van der Waals surface area contributed by atoms with Gasteiger partial charge >= 0.3 is 6.18 Å². The average molecular weight is 523 g/mol. The molecule has 7 nitrogen and oxygen atoms in total. The molecule has 3 saturated carbocycles. The number of amides is 1. The van der Waals surface area contributed by atoms with E-state index >= 15 is 0 Å². The summed E-state index contributed by atoms with van der Waals surface area (Å²) in [5.74, 6) is -1.00. The first-order chi connectivity index (χ1) is 17.0. The molecule has 2 N–H and O–H groups in total. The highest BCUT2D eigenvalue weighted by molar-refractivity contribution is 6.30. The summed E-state index contributed by atoms with van der Waals surface area (Å²) in [5.41, 5.74) is -0.196. The number of aliphatic hydroxyl groups excluding tert-OH is 1. The minimum atomic E-state index is -4.45. The monoisotopic (exact) mass is 522 g/mol. The van der Waals surface area contributed by atoms with Crippen molar-refractivity contribution in [3.05, 3.63) is 64.8 Å². The van der Waals surface area contributed by atoms with Crippen LogP contribution in [-0.4, -0.2) is 37.4 Å². The SMILES string of the molecule is O=C(NC12CC(n3cc(-c4ccc(C(F)(F)F)cn4)cn3)(C1)C2)[C@H]1C[C@H](O)c2cc(Cl)c(F)cc2O1. The number of ether oxygens (including phenoxy) is 1. The fourth-order valence-corrected chi connectivity index (χ4v) is 5.67. The summed E-state index contributed by atoms with van der Waals surface area (Å²) in [5, 5.41) is 17.7. The van der Waals surface area contributed by atoms with E-state index in [1.165, 1.54) is 12.1 Å². The van der Waals surface area contributed by atoms with Crippen LogP contribution < -0.4 is 10.1 Å². The topological polar surface area (TPSA) is 89.3 Å². The number of rotatable bonds is 4. The molecule has 0 saturated heterocycles. The fourth-order valence-electron chi connectivity index (χ4n) is 5.50. The molecule has 3 heterocycles. The van der Waals surface area contributed by atoms with Crippen LogP contribution in [0.1, 0.15) is 42.9 Å². The molecule has 4 aliphatic rings. The number of pyridine rings is 1. The quantitative estimate of drug-likeness (QED) is 0.496. The van der Waals surface area contributed by atoms with Crippen LogP contribution in [0.3, 0.4) is 0 Å². The third-order valence-electron chi connectivity index (χ3n) is 7.26.